The zero-order valence-electron chi connectivity index (χ0n) is 10.4. The number of nitro benzene ring substituents is 1. The second-order valence-electron chi connectivity index (χ2n) is 4.53. The molecule has 1 saturated heterocycles. The van der Waals surface area contributed by atoms with Gasteiger partial charge in [-0.3, -0.25) is 10.1 Å². The molecule has 3 rings (SSSR count). The quantitative estimate of drug-likeness (QED) is 0.683. The van der Waals surface area contributed by atoms with Gasteiger partial charge in [0.25, 0.3) is 11.6 Å². The van der Waals surface area contributed by atoms with Crippen molar-refractivity contribution in [2.45, 2.75) is 18.9 Å². The molecule has 0 aliphatic carbocycles. The maximum absolute atomic E-state index is 13.3. The minimum Gasteiger partial charge on any atom is -0.334 e. The molecule has 0 bridgehead atoms. The largest absolute Gasteiger partial charge is 0.334 e. The number of hydrogen-bond donors (Lipinski definition) is 1. The summed E-state index contributed by atoms with van der Waals surface area (Å²) >= 11 is 0. The smallest absolute Gasteiger partial charge is 0.282 e. The third-order valence-electron chi connectivity index (χ3n) is 3.20. The molecular weight excluding hydrogens is 267 g/mol. The van der Waals surface area contributed by atoms with E-state index < -0.39 is 10.7 Å². The monoisotopic (exact) mass is 278 g/mol. The lowest BCUT2D eigenvalue weighted by Gasteiger charge is -2.01. The Morgan fingerprint density at radius 2 is 2.35 bits per heavy atom. The molecule has 1 fully saturated rings. The summed E-state index contributed by atoms with van der Waals surface area (Å²) in [5.41, 5.74) is -0.271. The Balaban J connectivity index is 2.00. The van der Waals surface area contributed by atoms with Crippen LogP contribution in [0.1, 0.15) is 24.7 Å². The molecule has 1 aromatic heterocycles. The van der Waals surface area contributed by atoms with E-state index in [1.807, 2.05) is 0 Å². The summed E-state index contributed by atoms with van der Waals surface area (Å²) in [5, 5.41) is 18.0. The zero-order chi connectivity index (χ0) is 14.1. The van der Waals surface area contributed by atoms with Crippen molar-refractivity contribution in [3.05, 3.63) is 40.0 Å². The number of nitro groups is 1. The van der Waals surface area contributed by atoms with E-state index >= 15 is 0 Å². The highest BCUT2D eigenvalue weighted by Gasteiger charge is 2.25. The first kappa shape index (κ1) is 12.7. The lowest BCUT2D eigenvalue weighted by Crippen LogP contribution is -2.14. The second kappa shape index (κ2) is 4.97. The molecule has 1 aliphatic heterocycles. The first-order valence-corrected chi connectivity index (χ1v) is 6.16. The number of aromatic nitrogens is 2. The van der Waals surface area contributed by atoms with Gasteiger partial charge in [0.1, 0.15) is 11.4 Å². The van der Waals surface area contributed by atoms with E-state index in [0.29, 0.717) is 5.82 Å². The van der Waals surface area contributed by atoms with Crippen molar-refractivity contribution >= 4 is 5.69 Å². The molecule has 1 N–H and O–H groups in total. The zero-order valence-corrected chi connectivity index (χ0v) is 10.4. The molecule has 1 atom stereocenters. The number of nitrogens with zero attached hydrogens (tertiary/aromatic N) is 3. The Kier molecular flexibility index (Phi) is 3.15. The average molecular weight is 278 g/mol. The average Bonchev–Trinajstić information content (AvgIpc) is 3.09. The van der Waals surface area contributed by atoms with Crippen LogP contribution >= 0.6 is 0 Å². The fraction of sp³-hybridized carbons (Fsp3) is 0.333. The summed E-state index contributed by atoms with van der Waals surface area (Å²) in [4.78, 5) is 14.5. The van der Waals surface area contributed by atoms with Crippen LogP contribution in [0.3, 0.4) is 0 Å². The molecular formula is C12H11FN4O3. The van der Waals surface area contributed by atoms with Gasteiger partial charge in [-0.1, -0.05) is 5.16 Å². The molecule has 2 heterocycles. The summed E-state index contributed by atoms with van der Waals surface area (Å²) in [5.74, 6) is -0.194. The predicted molar refractivity (Wildman–Crippen MR) is 66.3 cm³/mol. The summed E-state index contributed by atoms with van der Waals surface area (Å²) in [6, 6.07) is 3.12. The highest BCUT2D eigenvalue weighted by atomic mass is 19.1. The number of benzene rings is 1. The van der Waals surface area contributed by atoms with Crippen LogP contribution in [0, 0.1) is 15.9 Å². The fourth-order valence-corrected chi connectivity index (χ4v) is 2.23. The first-order valence-electron chi connectivity index (χ1n) is 6.16. The molecule has 0 spiro atoms. The van der Waals surface area contributed by atoms with Crippen molar-refractivity contribution < 1.29 is 13.8 Å². The van der Waals surface area contributed by atoms with Crippen molar-refractivity contribution in [3.63, 3.8) is 0 Å². The summed E-state index contributed by atoms with van der Waals surface area (Å²) in [6.45, 7) is 0.870. The molecule has 1 aliphatic rings. The van der Waals surface area contributed by atoms with Crippen LogP contribution < -0.4 is 5.32 Å². The topological polar surface area (TPSA) is 94.1 Å². The molecule has 2 aromatic rings. The van der Waals surface area contributed by atoms with Crippen molar-refractivity contribution in [1.82, 2.24) is 15.5 Å². The van der Waals surface area contributed by atoms with Crippen molar-refractivity contribution in [3.8, 4) is 11.5 Å². The van der Waals surface area contributed by atoms with E-state index in [1.54, 1.807) is 0 Å². The molecule has 0 amide bonds. The molecule has 8 heteroatoms. The van der Waals surface area contributed by atoms with E-state index in [2.05, 4.69) is 15.5 Å². The van der Waals surface area contributed by atoms with Crippen LogP contribution in [0.2, 0.25) is 0 Å². The van der Waals surface area contributed by atoms with Gasteiger partial charge in [0.15, 0.2) is 5.82 Å². The molecule has 0 saturated carbocycles. The van der Waals surface area contributed by atoms with Gasteiger partial charge >= 0.3 is 0 Å². The van der Waals surface area contributed by atoms with E-state index in [1.165, 1.54) is 0 Å². The van der Waals surface area contributed by atoms with Gasteiger partial charge in [-0.2, -0.15) is 4.98 Å². The standard InChI is InChI=1S/C12H11FN4O3/c13-7-3-4-10(17(18)19)8(6-7)12-15-11(16-20-12)9-2-1-5-14-9/h3-4,6,9,14H,1-2,5H2. The number of rotatable bonds is 3. The first-order chi connectivity index (χ1) is 9.65. The minimum atomic E-state index is -0.605. The Bertz CT molecular complexity index is 652. The van der Waals surface area contributed by atoms with Crippen LogP contribution in [0.15, 0.2) is 22.7 Å². The van der Waals surface area contributed by atoms with Gasteiger partial charge < -0.3 is 9.84 Å². The predicted octanol–water partition coefficient (Wildman–Crippen LogP) is 2.21. The normalized spacial score (nSPS) is 18.4. The van der Waals surface area contributed by atoms with Crippen molar-refractivity contribution in [2.75, 3.05) is 6.54 Å². The maximum Gasteiger partial charge on any atom is 0.282 e. The highest BCUT2D eigenvalue weighted by Crippen LogP contribution is 2.30. The van der Waals surface area contributed by atoms with Crippen molar-refractivity contribution in [2.24, 2.45) is 0 Å². The molecule has 104 valence electrons. The van der Waals surface area contributed by atoms with Crippen LogP contribution in [0.25, 0.3) is 11.5 Å². The van der Waals surface area contributed by atoms with Crippen LogP contribution in [-0.4, -0.2) is 21.6 Å². The minimum absolute atomic E-state index is 0.00764. The Morgan fingerprint density at radius 3 is 3.05 bits per heavy atom. The van der Waals surface area contributed by atoms with Crippen LogP contribution in [-0.2, 0) is 0 Å². The van der Waals surface area contributed by atoms with Gasteiger partial charge in [0.05, 0.1) is 11.0 Å². The highest BCUT2D eigenvalue weighted by molar-refractivity contribution is 5.66. The third-order valence-corrected chi connectivity index (χ3v) is 3.20. The van der Waals surface area contributed by atoms with Crippen molar-refractivity contribution in [1.29, 1.82) is 0 Å². The maximum atomic E-state index is 13.3. The molecule has 20 heavy (non-hydrogen) atoms. The third kappa shape index (κ3) is 2.25. The van der Waals surface area contributed by atoms with E-state index in [0.717, 1.165) is 37.6 Å². The van der Waals surface area contributed by atoms with Gasteiger partial charge in [0, 0.05) is 6.07 Å². The molecule has 1 unspecified atom stereocenters. The molecule has 1 aromatic carbocycles. The number of halogens is 1. The molecule has 0 radical (unpaired) electrons. The van der Waals surface area contributed by atoms with Gasteiger partial charge in [-0.25, -0.2) is 4.39 Å². The Labute approximate surface area is 112 Å². The summed E-state index contributed by atoms with van der Waals surface area (Å²) in [6.07, 6.45) is 1.89. The number of nitrogens with one attached hydrogen (secondary N) is 1. The molecule has 7 nitrogen and oxygen atoms in total. The lowest BCUT2D eigenvalue weighted by molar-refractivity contribution is -0.384. The van der Waals surface area contributed by atoms with Gasteiger partial charge in [-0.05, 0) is 31.5 Å². The number of hydrogen-bond acceptors (Lipinski definition) is 6. The summed E-state index contributed by atoms with van der Waals surface area (Å²) < 4.78 is 18.3. The second-order valence-corrected chi connectivity index (χ2v) is 4.53. The SMILES string of the molecule is O=[N+]([O-])c1ccc(F)cc1-c1nc(C2CCCN2)no1. The van der Waals surface area contributed by atoms with Crippen LogP contribution in [0.5, 0.6) is 0 Å². The fourth-order valence-electron chi connectivity index (χ4n) is 2.23. The van der Waals surface area contributed by atoms with Gasteiger partial charge in [0.2, 0.25) is 0 Å². The Morgan fingerprint density at radius 1 is 1.50 bits per heavy atom. The van der Waals surface area contributed by atoms with E-state index in [4.69, 9.17) is 4.52 Å². The van der Waals surface area contributed by atoms with E-state index in [9.17, 15) is 14.5 Å². The van der Waals surface area contributed by atoms with Gasteiger partial charge in [-0.15, -0.1) is 0 Å². The van der Waals surface area contributed by atoms with Crippen LogP contribution in [0.4, 0.5) is 10.1 Å². The Hall–Kier alpha value is -2.35. The lowest BCUT2D eigenvalue weighted by atomic mass is 10.1. The summed E-state index contributed by atoms with van der Waals surface area (Å²) in [7, 11) is 0. The van der Waals surface area contributed by atoms with E-state index in [-0.39, 0.29) is 23.2 Å².